The van der Waals surface area contributed by atoms with E-state index >= 15 is 0 Å². The van der Waals surface area contributed by atoms with Crippen LogP contribution in [0.3, 0.4) is 0 Å². The Hall–Kier alpha value is -2.74. The van der Waals surface area contributed by atoms with Crippen molar-refractivity contribution in [3.05, 3.63) is 34.3 Å². The van der Waals surface area contributed by atoms with Crippen molar-refractivity contribution in [1.29, 1.82) is 0 Å². The van der Waals surface area contributed by atoms with Gasteiger partial charge < -0.3 is 19.0 Å². The van der Waals surface area contributed by atoms with E-state index in [-0.39, 0.29) is 35.0 Å². The molecule has 2 heterocycles. The van der Waals surface area contributed by atoms with Crippen molar-refractivity contribution >= 4 is 23.5 Å². The van der Waals surface area contributed by atoms with Crippen LogP contribution < -0.4 is 0 Å². The summed E-state index contributed by atoms with van der Waals surface area (Å²) in [6.07, 6.45) is -0.308. The molecule has 29 heavy (non-hydrogen) atoms. The number of Topliss-reactive ketones (excluding diaryl/α,β-unsaturated/α-hetero) is 2. The van der Waals surface area contributed by atoms with E-state index in [0.717, 1.165) is 6.26 Å². The van der Waals surface area contributed by atoms with Crippen molar-refractivity contribution in [2.75, 3.05) is 0 Å². The van der Waals surface area contributed by atoms with Gasteiger partial charge >= 0.3 is 11.9 Å². The second-order valence-corrected chi connectivity index (χ2v) is 8.70. The number of allylic oxidation sites excluding steroid dienone is 1. The summed E-state index contributed by atoms with van der Waals surface area (Å²) < 4.78 is 16.2. The molecule has 152 valence electrons. The molecule has 1 N–H and O–H groups in total. The molecule has 8 heteroatoms. The Labute approximate surface area is 165 Å². The summed E-state index contributed by atoms with van der Waals surface area (Å²) in [7, 11) is 0. The van der Waals surface area contributed by atoms with Crippen LogP contribution in [0.15, 0.2) is 21.8 Å². The van der Waals surface area contributed by atoms with Crippen LogP contribution in [0.5, 0.6) is 0 Å². The van der Waals surface area contributed by atoms with E-state index in [1.807, 2.05) is 0 Å². The molecule has 1 aromatic heterocycles. The highest BCUT2D eigenvalue weighted by molar-refractivity contribution is 6.14. The van der Waals surface area contributed by atoms with E-state index in [2.05, 4.69) is 0 Å². The van der Waals surface area contributed by atoms with E-state index in [9.17, 15) is 24.3 Å². The second-order valence-electron chi connectivity index (χ2n) is 8.70. The highest BCUT2D eigenvalue weighted by Crippen LogP contribution is 2.60. The first-order valence-electron chi connectivity index (χ1n) is 9.61. The topological polar surface area (TPSA) is 120 Å². The number of hydrogen-bond donors (Lipinski definition) is 1. The van der Waals surface area contributed by atoms with Gasteiger partial charge in [0.2, 0.25) is 12.1 Å². The molecule has 3 aliphatic carbocycles. The van der Waals surface area contributed by atoms with Crippen LogP contribution in [0.2, 0.25) is 0 Å². The average molecular weight is 400 g/mol. The van der Waals surface area contributed by atoms with Crippen LogP contribution in [0.1, 0.15) is 66.5 Å². The summed E-state index contributed by atoms with van der Waals surface area (Å²) in [5, 5.41) is 10.8. The zero-order valence-electron chi connectivity index (χ0n) is 16.2. The number of aliphatic hydroxyl groups excluding tert-OH is 1. The lowest BCUT2D eigenvalue weighted by molar-refractivity contribution is -0.152. The van der Waals surface area contributed by atoms with Crippen LogP contribution in [0.4, 0.5) is 0 Å². The van der Waals surface area contributed by atoms with Gasteiger partial charge in [0, 0.05) is 42.2 Å². The van der Waals surface area contributed by atoms with Gasteiger partial charge in [0.15, 0.2) is 5.76 Å². The number of carbonyl (C=O) groups is 4. The lowest BCUT2D eigenvalue weighted by Gasteiger charge is -2.50. The van der Waals surface area contributed by atoms with Gasteiger partial charge in [0.25, 0.3) is 0 Å². The van der Waals surface area contributed by atoms with Crippen molar-refractivity contribution in [2.24, 2.45) is 11.3 Å². The molecule has 5 atom stereocenters. The smallest absolute Gasteiger partial charge is 0.344 e. The van der Waals surface area contributed by atoms with Crippen LogP contribution >= 0.6 is 0 Å². The number of aliphatic hydroxyl groups is 1. The second kappa shape index (κ2) is 5.44. The summed E-state index contributed by atoms with van der Waals surface area (Å²) >= 11 is 0. The highest BCUT2D eigenvalue weighted by Gasteiger charge is 2.64. The predicted molar refractivity (Wildman–Crippen MR) is 94.8 cm³/mol. The van der Waals surface area contributed by atoms with E-state index < -0.39 is 40.9 Å². The Morgan fingerprint density at radius 1 is 1.28 bits per heavy atom. The highest BCUT2D eigenvalue weighted by atomic mass is 16.6. The fraction of sp³-hybridized carbons (Fsp3) is 0.524. The van der Waals surface area contributed by atoms with Crippen molar-refractivity contribution in [1.82, 2.24) is 0 Å². The third-order valence-electron chi connectivity index (χ3n) is 7.20. The predicted octanol–water partition coefficient (Wildman–Crippen LogP) is 1.84. The van der Waals surface area contributed by atoms with E-state index in [0.29, 0.717) is 24.0 Å². The molecule has 4 aliphatic rings. The summed E-state index contributed by atoms with van der Waals surface area (Å²) in [5.74, 6) is -2.16. The minimum Gasteiger partial charge on any atom is -0.460 e. The fourth-order valence-corrected chi connectivity index (χ4v) is 5.82. The van der Waals surface area contributed by atoms with Crippen molar-refractivity contribution < 1.29 is 38.2 Å². The molecule has 1 saturated carbocycles. The van der Waals surface area contributed by atoms with E-state index in [1.165, 1.54) is 6.92 Å². The molecule has 8 nitrogen and oxygen atoms in total. The Morgan fingerprint density at radius 2 is 2.00 bits per heavy atom. The molecule has 1 unspecified atom stereocenters. The standard InChI is InChI=1S/C21H20O8/c1-8(22)28-11-6-20(2)10(4-5-12(20)23)13-15(11)21(3)14-9(18(25)29-19(21)26)7-27-17(14)16(13)24/h7,10-11,19,26H,4-6H2,1-3H3/t10?,11-,19+,20+,21+/m1/s1. The molecule has 1 fully saturated rings. The van der Waals surface area contributed by atoms with Gasteiger partial charge in [-0.1, -0.05) is 6.92 Å². The van der Waals surface area contributed by atoms with Crippen molar-refractivity contribution in [3.63, 3.8) is 0 Å². The maximum absolute atomic E-state index is 13.5. The minimum absolute atomic E-state index is 0.0192. The molecule has 0 radical (unpaired) electrons. The first-order valence-corrected chi connectivity index (χ1v) is 9.61. The van der Waals surface area contributed by atoms with Gasteiger partial charge in [-0.2, -0.15) is 0 Å². The quantitative estimate of drug-likeness (QED) is 0.709. The number of esters is 2. The molecular formula is C21H20O8. The molecule has 5 rings (SSSR count). The third-order valence-corrected chi connectivity index (χ3v) is 7.20. The molecule has 0 aromatic carbocycles. The van der Waals surface area contributed by atoms with Crippen LogP contribution in [-0.4, -0.2) is 41.0 Å². The normalized spacial score (nSPS) is 37.7. The van der Waals surface area contributed by atoms with Crippen molar-refractivity contribution in [3.8, 4) is 0 Å². The number of hydrogen-bond acceptors (Lipinski definition) is 8. The van der Waals surface area contributed by atoms with Gasteiger partial charge in [-0.15, -0.1) is 0 Å². The summed E-state index contributed by atoms with van der Waals surface area (Å²) in [4.78, 5) is 50.3. The van der Waals surface area contributed by atoms with Crippen molar-refractivity contribution in [2.45, 2.75) is 57.8 Å². The first-order chi connectivity index (χ1) is 13.6. The first kappa shape index (κ1) is 18.3. The van der Waals surface area contributed by atoms with Gasteiger partial charge in [0.05, 0.1) is 5.41 Å². The maximum atomic E-state index is 13.5. The molecule has 1 aliphatic heterocycles. The maximum Gasteiger partial charge on any atom is 0.344 e. The van der Waals surface area contributed by atoms with Gasteiger partial charge in [-0.3, -0.25) is 14.4 Å². The molecule has 1 aromatic rings. The van der Waals surface area contributed by atoms with Crippen LogP contribution in [-0.2, 0) is 24.5 Å². The average Bonchev–Trinajstić information content (AvgIpc) is 3.20. The number of cyclic esters (lactones) is 1. The Bertz CT molecular complexity index is 1050. The Kier molecular flexibility index (Phi) is 3.43. The molecule has 0 amide bonds. The molecule has 0 saturated heterocycles. The SMILES string of the molecule is CC(=O)O[C@@H]1C[C@]2(C)C(=O)CCC2C2=C1[C@]1(C)c3c(coc3C2=O)C(=O)O[C@@H]1O. The number of carbonyl (C=O) groups excluding carboxylic acids is 4. The number of rotatable bonds is 1. The zero-order chi connectivity index (χ0) is 20.9. The number of ketones is 2. The number of fused-ring (bicyclic) bond motifs is 3. The summed E-state index contributed by atoms with van der Waals surface area (Å²) in [5.41, 5.74) is -1.09. The third kappa shape index (κ3) is 2.02. The number of furan rings is 1. The lowest BCUT2D eigenvalue weighted by atomic mass is 9.55. The molecule has 0 spiro atoms. The lowest BCUT2D eigenvalue weighted by Crippen LogP contribution is -2.56. The fourth-order valence-electron chi connectivity index (χ4n) is 5.82. The Balaban J connectivity index is 1.83. The van der Waals surface area contributed by atoms with Gasteiger partial charge in [-0.05, 0) is 18.9 Å². The molecular weight excluding hydrogens is 380 g/mol. The Morgan fingerprint density at radius 3 is 2.69 bits per heavy atom. The van der Waals surface area contributed by atoms with Gasteiger partial charge in [0.1, 0.15) is 23.7 Å². The number of ether oxygens (including phenoxy) is 2. The monoisotopic (exact) mass is 400 g/mol. The zero-order valence-corrected chi connectivity index (χ0v) is 16.2. The van der Waals surface area contributed by atoms with Gasteiger partial charge in [-0.25, -0.2) is 4.79 Å². The summed E-state index contributed by atoms with van der Waals surface area (Å²) in [6, 6.07) is 0. The largest absolute Gasteiger partial charge is 0.460 e. The van der Waals surface area contributed by atoms with E-state index in [1.54, 1.807) is 13.8 Å². The molecule has 0 bridgehead atoms. The van der Waals surface area contributed by atoms with E-state index in [4.69, 9.17) is 13.9 Å². The minimum atomic E-state index is -1.59. The van der Waals surface area contributed by atoms with Crippen LogP contribution in [0.25, 0.3) is 0 Å². The van der Waals surface area contributed by atoms with Crippen LogP contribution in [0, 0.1) is 11.3 Å². The summed E-state index contributed by atoms with van der Waals surface area (Å²) in [6.45, 7) is 4.70.